The summed E-state index contributed by atoms with van der Waals surface area (Å²) in [5.74, 6) is 1.02. The molecule has 0 aromatic carbocycles. The van der Waals surface area contributed by atoms with Crippen LogP contribution < -0.4 is 10.6 Å². The predicted octanol–water partition coefficient (Wildman–Crippen LogP) is 1.45. The van der Waals surface area contributed by atoms with Crippen LogP contribution in [-0.4, -0.2) is 49.2 Å². The Morgan fingerprint density at radius 2 is 2.29 bits per heavy atom. The van der Waals surface area contributed by atoms with Gasteiger partial charge >= 0.3 is 0 Å². The third-order valence-electron chi connectivity index (χ3n) is 3.77. The first-order chi connectivity index (χ1) is 9.88. The van der Waals surface area contributed by atoms with Crippen molar-refractivity contribution < 1.29 is 9.32 Å². The number of likely N-dealkylation sites (tertiary alicyclic amines) is 1. The molecule has 0 aliphatic carbocycles. The van der Waals surface area contributed by atoms with Crippen molar-refractivity contribution in [1.82, 2.24) is 15.4 Å². The Kier molecular flexibility index (Phi) is 5.00. The van der Waals surface area contributed by atoms with E-state index >= 15 is 0 Å². The number of amides is 1. The number of carbonyl (C=O) groups is 1. The maximum absolute atomic E-state index is 12.0. The van der Waals surface area contributed by atoms with Gasteiger partial charge in [0.15, 0.2) is 0 Å². The summed E-state index contributed by atoms with van der Waals surface area (Å²) in [7, 11) is 1.96. The summed E-state index contributed by atoms with van der Waals surface area (Å²) in [5, 5.41) is 9.97. The minimum absolute atomic E-state index is 0.0447. The second-order valence-electron chi connectivity index (χ2n) is 6.82. The highest BCUT2D eigenvalue weighted by atomic mass is 16.5. The number of rotatable bonds is 5. The van der Waals surface area contributed by atoms with E-state index in [-0.39, 0.29) is 11.3 Å². The zero-order chi connectivity index (χ0) is 15.5. The maximum Gasteiger partial charge on any atom is 0.240 e. The molecule has 1 aromatic heterocycles. The molecule has 2 heterocycles. The summed E-state index contributed by atoms with van der Waals surface area (Å²) in [6.07, 6.45) is 1.14. The largest absolute Gasteiger partial charge is 0.338 e. The van der Waals surface area contributed by atoms with Crippen LogP contribution in [0.3, 0.4) is 0 Å². The lowest BCUT2D eigenvalue weighted by molar-refractivity contribution is -0.117. The highest BCUT2D eigenvalue weighted by Crippen LogP contribution is 2.23. The summed E-state index contributed by atoms with van der Waals surface area (Å²) in [6, 6.07) is 1.80. The Hall–Kier alpha value is -1.40. The van der Waals surface area contributed by atoms with Crippen LogP contribution in [0.25, 0.3) is 0 Å². The fourth-order valence-corrected chi connectivity index (χ4v) is 2.58. The van der Waals surface area contributed by atoms with Crippen LogP contribution >= 0.6 is 0 Å². The smallest absolute Gasteiger partial charge is 0.240 e. The highest BCUT2D eigenvalue weighted by Gasteiger charge is 2.24. The lowest BCUT2D eigenvalue weighted by atomic mass is 9.92. The van der Waals surface area contributed by atoms with Crippen LogP contribution in [0.5, 0.6) is 0 Å². The third-order valence-corrected chi connectivity index (χ3v) is 3.77. The van der Waals surface area contributed by atoms with Crippen LogP contribution in [0.4, 0.5) is 5.88 Å². The first kappa shape index (κ1) is 16.0. The second kappa shape index (κ2) is 6.58. The summed E-state index contributed by atoms with van der Waals surface area (Å²) in [5.41, 5.74) is 0.759. The zero-order valence-corrected chi connectivity index (χ0v) is 13.4. The molecule has 21 heavy (non-hydrogen) atoms. The molecule has 6 nitrogen and oxygen atoms in total. The Bertz CT molecular complexity index is 478. The highest BCUT2D eigenvalue weighted by molar-refractivity contribution is 5.91. The molecular weight excluding hydrogens is 268 g/mol. The summed E-state index contributed by atoms with van der Waals surface area (Å²) in [6.45, 7) is 9.54. The van der Waals surface area contributed by atoms with Gasteiger partial charge in [0.2, 0.25) is 11.8 Å². The molecule has 1 fully saturated rings. The van der Waals surface area contributed by atoms with Gasteiger partial charge in [-0.3, -0.25) is 15.0 Å². The van der Waals surface area contributed by atoms with Crippen LogP contribution in [0, 0.1) is 5.92 Å². The first-order valence-electron chi connectivity index (χ1n) is 7.52. The molecule has 1 saturated heterocycles. The van der Waals surface area contributed by atoms with E-state index in [0.717, 1.165) is 31.7 Å². The van der Waals surface area contributed by atoms with Gasteiger partial charge in [0.25, 0.3) is 0 Å². The minimum Gasteiger partial charge on any atom is -0.338 e. The Labute approximate surface area is 126 Å². The summed E-state index contributed by atoms with van der Waals surface area (Å²) < 4.78 is 5.18. The monoisotopic (exact) mass is 294 g/mol. The second-order valence-corrected chi connectivity index (χ2v) is 6.82. The van der Waals surface area contributed by atoms with Crippen molar-refractivity contribution in [2.45, 2.75) is 32.6 Å². The van der Waals surface area contributed by atoms with Gasteiger partial charge in [0.1, 0.15) is 0 Å². The Morgan fingerprint density at radius 3 is 2.90 bits per heavy atom. The van der Waals surface area contributed by atoms with E-state index in [9.17, 15) is 4.79 Å². The minimum atomic E-state index is -0.0815. The lowest BCUT2D eigenvalue weighted by Crippen LogP contribution is -2.32. The van der Waals surface area contributed by atoms with E-state index in [0.29, 0.717) is 18.3 Å². The average Bonchev–Trinajstić information content (AvgIpc) is 2.98. The molecule has 1 amide bonds. The van der Waals surface area contributed by atoms with Crippen molar-refractivity contribution in [2.24, 2.45) is 5.92 Å². The van der Waals surface area contributed by atoms with Crippen LogP contribution in [-0.2, 0) is 10.2 Å². The van der Waals surface area contributed by atoms with Gasteiger partial charge in [-0.1, -0.05) is 25.9 Å². The normalized spacial score (nSPS) is 19.9. The van der Waals surface area contributed by atoms with Crippen LogP contribution in [0.15, 0.2) is 10.6 Å². The molecule has 6 heteroatoms. The topological polar surface area (TPSA) is 70.4 Å². The van der Waals surface area contributed by atoms with E-state index in [4.69, 9.17) is 4.52 Å². The van der Waals surface area contributed by atoms with Gasteiger partial charge in [-0.15, -0.1) is 0 Å². The molecule has 1 unspecified atom stereocenters. The third kappa shape index (κ3) is 4.54. The van der Waals surface area contributed by atoms with Crippen molar-refractivity contribution >= 4 is 11.8 Å². The molecule has 0 radical (unpaired) electrons. The van der Waals surface area contributed by atoms with Gasteiger partial charge in [-0.05, 0) is 32.5 Å². The van der Waals surface area contributed by atoms with Crippen LogP contribution in [0.2, 0.25) is 0 Å². The van der Waals surface area contributed by atoms with E-state index in [1.807, 2.05) is 7.05 Å². The molecule has 0 bridgehead atoms. The predicted molar refractivity (Wildman–Crippen MR) is 82.3 cm³/mol. The number of anilines is 1. The molecule has 1 aromatic rings. The number of hydrogen-bond donors (Lipinski definition) is 2. The van der Waals surface area contributed by atoms with Crippen molar-refractivity contribution in [3.8, 4) is 0 Å². The van der Waals surface area contributed by atoms with Gasteiger partial charge in [-0.25, -0.2) is 0 Å². The van der Waals surface area contributed by atoms with E-state index in [1.54, 1.807) is 6.07 Å². The van der Waals surface area contributed by atoms with Crippen LogP contribution in [0.1, 0.15) is 32.9 Å². The fraction of sp³-hybridized carbons (Fsp3) is 0.733. The molecular formula is C15H26N4O2. The standard InChI is InChI=1S/C15H26N4O2/c1-15(2,3)12-7-14(21-18-12)17-13(20)10-19-6-5-11(9-19)8-16-4/h7,11,16H,5-6,8-10H2,1-4H3,(H,17,20). The van der Waals surface area contributed by atoms with Crippen molar-refractivity contribution in [2.75, 3.05) is 38.5 Å². The molecule has 2 N–H and O–H groups in total. The molecule has 0 saturated carbocycles. The van der Waals surface area contributed by atoms with E-state index < -0.39 is 0 Å². The maximum atomic E-state index is 12.0. The molecule has 2 rings (SSSR count). The average molecular weight is 294 g/mol. The molecule has 1 aliphatic rings. The zero-order valence-electron chi connectivity index (χ0n) is 13.4. The van der Waals surface area contributed by atoms with E-state index in [1.165, 1.54) is 0 Å². The Morgan fingerprint density at radius 1 is 1.52 bits per heavy atom. The summed E-state index contributed by atoms with van der Waals surface area (Å²) in [4.78, 5) is 14.2. The summed E-state index contributed by atoms with van der Waals surface area (Å²) >= 11 is 0. The molecule has 118 valence electrons. The van der Waals surface area contributed by atoms with Crippen molar-refractivity contribution in [3.63, 3.8) is 0 Å². The van der Waals surface area contributed by atoms with Gasteiger partial charge in [-0.2, -0.15) is 0 Å². The van der Waals surface area contributed by atoms with Gasteiger partial charge < -0.3 is 9.84 Å². The fourth-order valence-electron chi connectivity index (χ4n) is 2.58. The molecule has 1 atom stereocenters. The van der Waals surface area contributed by atoms with Gasteiger partial charge in [0.05, 0.1) is 12.2 Å². The molecule has 1 aliphatic heterocycles. The van der Waals surface area contributed by atoms with Crippen molar-refractivity contribution in [3.05, 3.63) is 11.8 Å². The molecule has 0 spiro atoms. The lowest BCUT2D eigenvalue weighted by Gasteiger charge is -2.14. The SMILES string of the molecule is CNCC1CCN(CC(=O)Nc2cc(C(C)(C)C)no2)C1. The van der Waals surface area contributed by atoms with E-state index in [2.05, 4.69) is 41.5 Å². The van der Waals surface area contributed by atoms with Gasteiger partial charge in [0, 0.05) is 18.0 Å². The number of nitrogens with zero attached hydrogens (tertiary/aromatic N) is 2. The number of nitrogens with one attached hydrogen (secondary N) is 2. The number of hydrogen-bond acceptors (Lipinski definition) is 5. The number of carbonyl (C=O) groups excluding carboxylic acids is 1. The number of aromatic nitrogens is 1. The first-order valence-corrected chi connectivity index (χ1v) is 7.52. The van der Waals surface area contributed by atoms with Crippen molar-refractivity contribution in [1.29, 1.82) is 0 Å². The quantitative estimate of drug-likeness (QED) is 0.860. The Balaban J connectivity index is 1.81.